The molecule has 0 N–H and O–H groups in total. The van der Waals surface area contributed by atoms with E-state index >= 15 is 0 Å². The maximum absolute atomic E-state index is 5.49. The third kappa shape index (κ3) is 2.77. The molecule has 0 bridgehead atoms. The molecule has 1 atom stereocenters. The first-order valence-corrected chi connectivity index (χ1v) is 8.98. The minimum Gasteiger partial charge on any atom is -0.359 e. The fourth-order valence-corrected chi connectivity index (χ4v) is 4.49. The van der Waals surface area contributed by atoms with Gasteiger partial charge in [-0.2, -0.15) is 0 Å². The van der Waals surface area contributed by atoms with Gasteiger partial charge in [0.2, 0.25) is 0 Å². The molecule has 4 heterocycles. The van der Waals surface area contributed by atoms with Crippen molar-refractivity contribution in [2.75, 3.05) is 24.5 Å². The molecule has 2 fully saturated rings. The molecule has 2 aromatic heterocycles. The molecule has 0 saturated carbocycles. The summed E-state index contributed by atoms with van der Waals surface area (Å²) in [7, 11) is 0. The first-order chi connectivity index (χ1) is 10.8. The van der Waals surface area contributed by atoms with E-state index in [2.05, 4.69) is 32.2 Å². The topological polar surface area (TPSA) is 45.4 Å². The van der Waals surface area contributed by atoms with Gasteiger partial charge in [0.15, 0.2) is 10.9 Å². The van der Waals surface area contributed by atoms with Crippen LogP contribution in [0.5, 0.6) is 0 Å². The lowest BCUT2D eigenvalue weighted by atomic mass is 10.1. The van der Waals surface area contributed by atoms with E-state index in [4.69, 9.17) is 4.52 Å². The summed E-state index contributed by atoms with van der Waals surface area (Å²) in [5.74, 6) is 1.01. The van der Waals surface area contributed by atoms with Crippen molar-refractivity contribution in [1.29, 1.82) is 0 Å². The lowest BCUT2D eigenvalue weighted by Crippen LogP contribution is -2.22. The Bertz CT molecular complexity index is 632. The van der Waals surface area contributed by atoms with Gasteiger partial charge in [-0.15, -0.1) is 11.3 Å². The second kappa shape index (κ2) is 6.01. The Morgan fingerprint density at radius 1 is 1.27 bits per heavy atom. The SMILES string of the molecule is Cc1cc([C@@H]2CCCN2Cc2cnc(N3CCCC3)s2)on1. The third-order valence-corrected chi connectivity index (χ3v) is 5.66. The number of rotatable bonds is 4. The van der Waals surface area contributed by atoms with E-state index in [9.17, 15) is 0 Å². The average molecular weight is 318 g/mol. The molecule has 0 radical (unpaired) electrons. The van der Waals surface area contributed by atoms with Crippen molar-refractivity contribution >= 4 is 16.5 Å². The molecule has 5 nitrogen and oxygen atoms in total. The molecule has 2 aliphatic rings. The second-order valence-corrected chi connectivity index (χ2v) is 7.40. The van der Waals surface area contributed by atoms with Crippen molar-refractivity contribution in [2.45, 2.75) is 45.2 Å². The van der Waals surface area contributed by atoms with Crippen LogP contribution >= 0.6 is 11.3 Å². The van der Waals surface area contributed by atoms with Crippen molar-refractivity contribution in [2.24, 2.45) is 0 Å². The maximum Gasteiger partial charge on any atom is 0.185 e. The summed E-state index contributed by atoms with van der Waals surface area (Å²) < 4.78 is 5.49. The van der Waals surface area contributed by atoms with E-state index in [0.29, 0.717) is 6.04 Å². The van der Waals surface area contributed by atoms with Gasteiger partial charge < -0.3 is 9.42 Å². The summed E-state index contributed by atoms with van der Waals surface area (Å²) in [6.07, 6.45) is 7.04. The number of nitrogens with zero attached hydrogens (tertiary/aromatic N) is 4. The van der Waals surface area contributed by atoms with E-state index in [1.807, 2.05) is 18.3 Å². The Balaban J connectivity index is 1.45. The quantitative estimate of drug-likeness (QED) is 0.865. The van der Waals surface area contributed by atoms with E-state index in [1.165, 1.54) is 29.3 Å². The predicted octanol–water partition coefficient (Wildman–Crippen LogP) is 3.38. The molecule has 0 amide bonds. The zero-order valence-corrected chi connectivity index (χ0v) is 13.8. The molecule has 22 heavy (non-hydrogen) atoms. The van der Waals surface area contributed by atoms with Crippen molar-refractivity contribution in [3.05, 3.63) is 28.6 Å². The van der Waals surface area contributed by atoms with E-state index in [0.717, 1.165) is 44.1 Å². The monoisotopic (exact) mass is 318 g/mol. The van der Waals surface area contributed by atoms with Crippen LogP contribution in [0.4, 0.5) is 5.13 Å². The standard InChI is InChI=1S/C16H22N4OS/c1-12-9-15(21-18-12)14-5-4-8-20(14)11-13-10-17-16(22-13)19-6-2-3-7-19/h9-10,14H,2-8,11H2,1H3/t14-/m0/s1. The van der Waals surface area contributed by atoms with Crippen LogP contribution in [0.1, 0.15) is 48.1 Å². The van der Waals surface area contributed by atoms with E-state index < -0.39 is 0 Å². The number of hydrogen-bond donors (Lipinski definition) is 0. The van der Waals surface area contributed by atoms with Crippen LogP contribution < -0.4 is 4.90 Å². The molecule has 118 valence electrons. The van der Waals surface area contributed by atoms with Gasteiger partial charge in [-0.1, -0.05) is 5.16 Å². The van der Waals surface area contributed by atoms with Gasteiger partial charge in [-0.3, -0.25) is 4.90 Å². The number of thiazole rings is 1. The zero-order chi connectivity index (χ0) is 14.9. The molecule has 0 unspecified atom stereocenters. The Kier molecular flexibility index (Phi) is 3.88. The molecule has 6 heteroatoms. The van der Waals surface area contributed by atoms with Crippen molar-refractivity contribution < 1.29 is 4.52 Å². The first kappa shape index (κ1) is 14.2. The highest BCUT2D eigenvalue weighted by Gasteiger charge is 2.29. The first-order valence-electron chi connectivity index (χ1n) is 8.16. The lowest BCUT2D eigenvalue weighted by molar-refractivity contribution is 0.208. The highest BCUT2D eigenvalue weighted by Crippen LogP contribution is 2.35. The normalized spacial score (nSPS) is 22.8. The van der Waals surface area contributed by atoms with Crippen molar-refractivity contribution in [1.82, 2.24) is 15.0 Å². The smallest absolute Gasteiger partial charge is 0.185 e. The summed E-state index contributed by atoms with van der Waals surface area (Å²) in [6, 6.07) is 2.45. The Morgan fingerprint density at radius 3 is 2.91 bits per heavy atom. The number of aryl methyl sites for hydroxylation is 1. The lowest BCUT2D eigenvalue weighted by Gasteiger charge is -2.21. The molecular formula is C16H22N4OS. The fraction of sp³-hybridized carbons (Fsp3) is 0.625. The minimum atomic E-state index is 0.374. The summed E-state index contributed by atoms with van der Waals surface area (Å²) >= 11 is 1.85. The van der Waals surface area contributed by atoms with Gasteiger partial charge in [0, 0.05) is 36.8 Å². The van der Waals surface area contributed by atoms with E-state index in [-0.39, 0.29) is 0 Å². The summed E-state index contributed by atoms with van der Waals surface area (Å²) in [6.45, 7) is 6.41. The van der Waals surface area contributed by atoms with Crippen LogP contribution in [-0.4, -0.2) is 34.7 Å². The number of likely N-dealkylation sites (tertiary alicyclic amines) is 1. The minimum absolute atomic E-state index is 0.374. The van der Waals surface area contributed by atoms with Crippen LogP contribution in [-0.2, 0) is 6.54 Å². The molecule has 4 rings (SSSR count). The van der Waals surface area contributed by atoms with Gasteiger partial charge >= 0.3 is 0 Å². The Labute approximate surface area is 134 Å². The third-order valence-electron chi connectivity index (χ3n) is 4.62. The van der Waals surface area contributed by atoms with Crippen molar-refractivity contribution in [3.8, 4) is 0 Å². The van der Waals surface area contributed by atoms with Crippen LogP contribution in [0.2, 0.25) is 0 Å². The fourth-order valence-electron chi connectivity index (χ4n) is 3.50. The second-order valence-electron chi connectivity index (χ2n) is 6.30. The molecular weight excluding hydrogens is 296 g/mol. The highest BCUT2D eigenvalue weighted by atomic mass is 32.1. The van der Waals surface area contributed by atoms with Crippen LogP contribution in [0.25, 0.3) is 0 Å². The van der Waals surface area contributed by atoms with Gasteiger partial charge in [0.1, 0.15) is 0 Å². The Hall–Kier alpha value is -1.40. The predicted molar refractivity (Wildman–Crippen MR) is 87.2 cm³/mol. The molecule has 0 aliphatic carbocycles. The molecule has 2 saturated heterocycles. The molecule has 2 aromatic rings. The van der Waals surface area contributed by atoms with E-state index in [1.54, 1.807) is 0 Å². The van der Waals surface area contributed by atoms with Gasteiger partial charge in [-0.05, 0) is 39.2 Å². The maximum atomic E-state index is 5.49. The average Bonchev–Trinajstić information content (AvgIpc) is 3.26. The largest absolute Gasteiger partial charge is 0.359 e. The Morgan fingerprint density at radius 2 is 2.14 bits per heavy atom. The molecule has 2 aliphatic heterocycles. The van der Waals surface area contributed by atoms with Crippen molar-refractivity contribution in [3.63, 3.8) is 0 Å². The molecule has 0 aromatic carbocycles. The van der Waals surface area contributed by atoms with Gasteiger partial charge in [0.25, 0.3) is 0 Å². The van der Waals surface area contributed by atoms with Crippen LogP contribution in [0, 0.1) is 6.92 Å². The summed E-state index contributed by atoms with van der Waals surface area (Å²) in [5, 5.41) is 5.23. The van der Waals surface area contributed by atoms with Crippen LogP contribution in [0.15, 0.2) is 16.8 Å². The van der Waals surface area contributed by atoms with Gasteiger partial charge in [-0.25, -0.2) is 4.98 Å². The van der Waals surface area contributed by atoms with Gasteiger partial charge in [0.05, 0.1) is 11.7 Å². The molecule has 0 spiro atoms. The highest BCUT2D eigenvalue weighted by molar-refractivity contribution is 7.15. The number of hydrogen-bond acceptors (Lipinski definition) is 6. The summed E-state index contributed by atoms with van der Waals surface area (Å²) in [4.78, 5) is 10.9. The zero-order valence-electron chi connectivity index (χ0n) is 13.0. The number of aromatic nitrogens is 2. The van der Waals surface area contributed by atoms with Crippen LogP contribution in [0.3, 0.4) is 0 Å². The summed E-state index contributed by atoms with van der Waals surface area (Å²) in [5.41, 5.74) is 0.968. The number of anilines is 1.